The zero-order valence-electron chi connectivity index (χ0n) is 22.5. The molecular weight excluding hydrogens is 496 g/mol. The lowest BCUT2D eigenvalue weighted by Crippen LogP contribution is -2.37. The Kier molecular flexibility index (Phi) is 8.75. The first-order valence-corrected chi connectivity index (χ1v) is 13.4. The molecule has 0 saturated carbocycles. The van der Waals surface area contributed by atoms with E-state index < -0.39 is 5.97 Å². The number of morpholine rings is 1. The van der Waals surface area contributed by atoms with E-state index in [4.69, 9.17) is 23.7 Å². The molecule has 0 atom stereocenters. The molecule has 8 nitrogen and oxygen atoms in total. The number of hydrogen-bond acceptors (Lipinski definition) is 8. The molecule has 8 heteroatoms. The summed E-state index contributed by atoms with van der Waals surface area (Å²) in [5.74, 6) is 1.78. The second-order valence-corrected chi connectivity index (χ2v) is 9.42. The molecular formula is C31H34N2O6. The number of hydrogen-bond donors (Lipinski definition) is 0. The first-order chi connectivity index (χ1) is 19.2. The monoisotopic (exact) mass is 530 g/mol. The third-order valence-corrected chi connectivity index (χ3v) is 6.69. The van der Waals surface area contributed by atoms with Crippen LogP contribution in [-0.2, 0) is 9.47 Å². The molecule has 1 aliphatic rings. The van der Waals surface area contributed by atoms with E-state index in [1.807, 2.05) is 55.5 Å². The minimum absolute atomic E-state index is 0.343. The standard InChI is InChI=1S/C31H34N2O6/c1-3-14-38-31(34)25-18-22-7-4-5-8-23(22)19-28(25)39-27-9-10-32-26-21-30(29(35-2)20-24(26)27)37-15-6-11-33-12-16-36-17-13-33/h4-5,7-10,18-21H,3,6,11-17H2,1-2H3. The van der Waals surface area contributed by atoms with Gasteiger partial charge >= 0.3 is 5.97 Å². The molecule has 5 rings (SSSR count). The number of aromatic nitrogens is 1. The van der Waals surface area contributed by atoms with E-state index in [0.717, 1.165) is 61.8 Å². The molecule has 0 unspecified atom stereocenters. The second-order valence-electron chi connectivity index (χ2n) is 9.42. The Morgan fingerprint density at radius 1 is 0.949 bits per heavy atom. The minimum Gasteiger partial charge on any atom is -0.493 e. The van der Waals surface area contributed by atoms with Gasteiger partial charge in [-0.1, -0.05) is 31.2 Å². The van der Waals surface area contributed by atoms with Crippen LogP contribution in [0.15, 0.2) is 60.8 Å². The molecule has 0 amide bonds. The largest absolute Gasteiger partial charge is 0.493 e. The molecule has 204 valence electrons. The van der Waals surface area contributed by atoms with Crippen molar-refractivity contribution in [2.45, 2.75) is 19.8 Å². The van der Waals surface area contributed by atoms with E-state index in [0.29, 0.717) is 47.3 Å². The van der Waals surface area contributed by atoms with Gasteiger partial charge in [-0.15, -0.1) is 0 Å². The van der Waals surface area contributed by atoms with Crippen molar-refractivity contribution in [3.8, 4) is 23.0 Å². The maximum Gasteiger partial charge on any atom is 0.341 e. The zero-order valence-corrected chi connectivity index (χ0v) is 22.5. The molecule has 0 aliphatic carbocycles. The number of carbonyl (C=O) groups is 1. The summed E-state index contributed by atoms with van der Waals surface area (Å²) in [7, 11) is 1.61. The van der Waals surface area contributed by atoms with Crippen LogP contribution in [0.2, 0.25) is 0 Å². The first-order valence-electron chi connectivity index (χ1n) is 13.4. The average molecular weight is 531 g/mol. The topological polar surface area (TPSA) is 79.4 Å². The molecule has 39 heavy (non-hydrogen) atoms. The lowest BCUT2D eigenvalue weighted by atomic mass is 10.1. The summed E-state index contributed by atoms with van der Waals surface area (Å²) >= 11 is 0. The Bertz CT molecular complexity index is 1430. The minimum atomic E-state index is -0.415. The van der Waals surface area contributed by atoms with Crippen LogP contribution in [0, 0.1) is 0 Å². The van der Waals surface area contributed by atoms with Crippen LogP contribution in [0.1, 0.15) is 30.1 Å². The molecule has 1 fully saturated rings. The van der Waals surface area contributed by atoms with Gasteiger partial charge in [-0.3, -0.25) is 9.88 Å². The molecule has 3 aromatic carbocycles. The van der Waals surface area contributed by atoms with Crippen LogP contribution in [-0.4, -0.2) is 69.0 Å². The second kappa shape index (κ2) is 12.8. The molecule has 1 aliphatic heterocycles. The summed E-state index contributed by atoms with van der Waals surface area (Å²) < 4.78 is 29.0. The number of rotatable bonds is 11. The normalized spacial score (nSPS) is 13.9. The molecule has 1 aromatic heterocycles. The van der Waals surface area contributed by atoms with E-state index in [-0.39, 0.29) is 0 Å². The fourth-order valence-corrected chi connectivity index (χ4v) is 4.64. The Morgan fingerprint density at radius 2 is 1.74 bits per heavy atom. The highest BCUT2D eigenvalue weighted by atomic mass is 16.5. The van der Waals surface area contributed by atoms with E-state index in [2.05, 4.69) is 9.88 Å². The number of pyridine rings is 1. The van der Waals surface area contributed by atoms with Gasteiger partial charge < -0.3 is 23.7 Å². The van der Waals surface area contributed by atoms with E-state index >= 15 is 0 Å². The maximum atomic E-state index is 12.9. The summed E-state index contributed by atoms with van der Waals surface area (Å²) in [4.78, 5) is 19.9. The smallest absolute Gasteiger partial charge is 0.341 e. The quantitative estimate of drug-likeness (QED) is 0.176. The number of methoxy groups -OCH3 is 1. The zero-order chi connectivity index (χ0) is 27.0. The van der Waals surface area contributed by atoms with Gasteiger partial charge in [0.2, 0.25) is 0 Å². The third kappa shape index (κ3) is 6.41. The Balaban J connectivity index is 1.40. The maximum absolute atomic E-state index is 12.9. The van der Waals surface area contributed by atoms with Crippen molar-refractivity contribution in [2.75, 3.05) is 53.2 Å². The average Bonchev–Trinajstić information content (AvgIpc) is 2.98. The number of ether oxygens (including phenoxy) is 5. The third-order valence-electron chi connectivity index (χ3n) is 6.69. The van der Waals surface area contributed by atoms with Gasteiger partial charge in [0.15, 0.2) is 11.5 Å². The highest BCUT2D eigenvalue weighted by Gasteiger charge is 2.19. The molecule has 0 N–H and O–H groups in total. The fraction of sp³-hybridized carbons (Fsp3) is 0.355. The van der Waals surface area contributed by atoms with Crippen LogP contribution >= 0.6 is 0 Å². The van der Waals surface area contributed by atoms with Gasteiger partial charge in [-0.25, -0.2) is 4.79 Å². The van der Waals surface area contributed by atoms with Gasteiger partial charge in [0.05, 0.1) is 39.1 Å². The predicted molar refractivity (Wildman–Crippen MR) is 150 cm³/mol. The van der Waals surface area contributed by atoms with Gasteiger partial charge in [-0.05, 0) is 47.9 Å². The number of fused-ring (bicyclic) bond motifs is 2. The predicted octanol–water partition coefficient (Wildman–Crippen LogP) is 5.86. The summed E-state index contributed by atoms with van der Waals surface area (Å²) in [6, 6.07) is 17.0. The van der Waals surface area contributed by atoms with E-state index in [1.54, 1.807) is 19.4 Å². The van der Waals surface area contributed by atoms with E-state index in [1.165, 1.54) is 0 Å². The summed E-state index contributed by atoms with van der Waals surface area (Å²) in [6.07, 6.45) is 3.32. The number of benzene rings is 3. The van der Waals surface area contributed by atoms with Crippen LogP contribution in [0.5, 0.6) is 23.0 Å². The summed E-state index contributed by atoms with van der Waals surface area (Å²) in [5, 5.41) is 2.64. The lowest BCUT2D eigenvalue weighted by molar-refractivity contribution is 0.0357. The first kappa shape index (κ1) is 26.7. The van der Waals surface area contributed by atoms with Crippen LogP contribution in [0.4, 0.5) is 0 Å². The summed E-state index contributed by atoms with van der Waals surface area (Å²) in [6.45, 7) is 7.33. The van der Waals surface area contributed by atoms with Crippen molar-refractivity contribution >= 4 is 27.6 Å². The number of esters is 1. The molecule has 2 heterocycles. The molecule has 0 bridgehead atoms. The van der Waals surface area contributed by atoms with Crippen molar-refractivity contribution in [2.24, 2.45) is 0 Å². The van der Waals surface area contributed by atoms with Crippen molar-refractivity contribution in [1.82, 2.24) is 9.88 Å². The highest BCUT2D eigenvalue weighted by molar-refractivity contribution is 5.99. The SMILES string of the molecule is CCCOC(=O)c1cc2ccccc2cc1Oc1ccnc2cc(OCCCN3CCOCC3)c(OC)cc12. The van der Waals surface area contributed by atoms with Gasteiger partial charge in [0.25, 0.3) is 0 Å². The van der Waals surface area contributed by atoms with Crippen molar-refractivity contribution in [1.29, 1.82) is 0 Å². The van der Waals surface area contributed by atoms with Crippen LogP contribution in [0.3, 0.4) is 0 Å². The van der Waals surface area contributed by atoms with Crippen molar-refractivity contribution < 1.29 is 28.5 Å². The highest BCUT2D eigenvalue weighted by Crippen LogP contribution is 2.38. The Hall–Kier alpha value is -3.88. The number of nitrogens with zero attached hydrogens (tertiary/aromatic N) is 2. The lowest BCUT2D eigenvalue weighted by Gasteiger charge is -2.26. The Morgan fingerprint density at radius 3 is 2.51 bits per heavy atom. The van der Waals surface area contributed by atoms with Gasteiger partial charge in [0.1, 0.15) is 17.1 Å². The van der Waals surface area contributed by atoms with Crippen LogP contribution < -0.4 is 14.2 Å². The molecule has 0 spiro atoms. The molecule has 1 saturated heterocycles. The van der Waals surface area contributed by atoms with Crippen molar-refractivity contribution in [3.05, 3.63) is 66.4 Å². The fourth-order valence-electron chi connectivity index (χ4n) is 4.64. The summed E-state index contributed by atoms with van der Waals surface area (Å²) in [5.41, 5.74) is 1.08. The Labute approximate surface area is 228 Å². The van der Waals surface area contributed by atoms with Gasteiger partial charge in [-0.2, -0.15) is 0 Å². The molecule has 4 aromatic rings. The van der Waals surface area contributed by atoms with Gasteiger partial charge in [0, 0.05) is 37.3 Å². The van der Waals surface area contributed by atoms with Crippen molar-refractivity contribution in [3.63, 3.8) is 0 Å². The number of carbonyl (C=O) groups excluding carboxylic acids is 1. The molecule has 0 radical (unpaired) electrons. The van der Waals surface area contributed by atoms with E-state index in [9.17, 15) is 4.79 Å². The van der Waals surface area contributed by atoms with Crippen LogP contribution in [0.25, 0.3) is 21.7 Å².